The zero-order valence-electron chi connectivity index (χ0n) is 10.5. The second kappa shape index (κ2) is 9.30. The molecule has 0 radical (unpaired) electrons. The Morgan fingerprint density at radius 2 is 2.06 bits per heavy atom. The highest BCUT2D eigenvalue weighted by Gasteiger charge is 2.03. The standard InChI is InChI=1S/C13H19F2NOS/c1-17-8-7-16-6-2-3-9-18-13-10-11(14)4-5-12(13)15/h4-5,10,16H,2-3,6-9H2,1H3. The molecule has 0 amide bonds. The summed E-state index contributed by atoms with van der Waals surface area (Å²) in [6.07, 6.45) is 1.99. The number of hydrogen-bond donors (Lipinski definition) is 1. The highest BCUT2D eigenvalue weighted by Crippen LogP contribution is 2.23. The molecule has 18 heavy (non-hydrogen) atoms. The maximum atomic E-state index is 13.3. The summed E-state index contributed by atoms with van der Waals surface area (Å²) in [6, 6.07) is 3.56. The Morgan fingerprint density at radius 1 is 1.22 bits per heavy atom. The molecule has 0 atom stereocenters. The van der Waals surface area contributed by atoms with Gasteiger partial charge in [0.1, 0.15) is 11.6 Å². The van der Waals surface area contributed by atoms with Crippen molar-refractivity contribution < 1.29 is 13.5 Å². The van der Waals surface area contributed by atoms with Crippen LogP contribution < -0.4 is 5.32 Å². The van der Waals surface area contributed by atoms with Crippen molar-refractivity contribution in [3.05, 3.63) is 29.8 Å². The van der Waals surface area contributed by atoms with Crippen molar-refractivity contribution in [3.63, 3.8) is 0 Å². The smallest absolute Gasteiger partial charge is 0.136 e. The van der Waals surface area contributed by atoms with Crippen LogP contribution in [0, 0.1) is 11.6 Å². The van der Waals surface area contributed by atoms with Crippen LogP contribution in [0.2, 0.25) is 0 Å². The third-order valence-electron chi connectivity index (χ3n) is 2.38. The molecule has 0 saturated carbocycles. The number of unbranched alkanes of at least 4 members (excludes halogenated alkanes) is 1. The first-order chi connectivity index (χ1) is 8.74. The molecule has 0 aliphatic rings. The molecule has 0 heterocycles. The lowest BCUT2D eigenvalue weighted by Crippen LogP contribution is -2.20. The van der Waals surface area contributed by atoms with Crippen LogP contribution in [0.1, 0.15) is 12.8 Å². The quantitative estimate of drug-likeness (QED) is 0.553. The minimum atomic E-state index is -0.389. The molecule has 1 rings (SSSR count). The van der Waals surface area contributed by atoms with Gasteiger partial charge in [-0.2, -0.15) is 0 Å². The second-order valence-corrected chi connectivity index (χ2v) is 5.01. The van der Waals surface area contributed by atoms with E-state index in [2.05, 4.69) is 5.32 Å². The van der Waals surface area contributed by atoms with Gasteiger partial charge < -0.3 is 10.1 Å². The summed E-state index contributed by atoms with van der Waals surface area (Å²) in [7, 11) is 1.67. The summed E-state index contributed by atoms with van der Waals surface area (Å²) in [4.78, 5) is 0.391. The molecule has 0 aromatic heterocycles. The van der Waals surface area contributed by atoms with Gasteiger partial charge >= 0.3 is 0 Å². The van der Waals surface area contributed by atoms with Gasteiger partial charge in [0.05, 0.1) is 6.61 Å². The highest BCUT2D eigenvalue weighted by molar-refractivity contribution is 7.99. The molecule has 1 N–H and O–H groups in total. The molecule has 1 aromatic carbocycles. The van der Waals surface area contributed by atoms with Crippen molar-refractivity contribution in [2.45, 2.75) is 17.7 Å². The van der Waals surface area contributed by atoms with Crippen molar-refractivity contribution in [2.75, 3.05) is 32.6 Å². The lowest BCUT2D eigenvalue weighted by atomic mass is 10.3. The Kier molecular flexibility index (Phi) is 7.96. The summed E-state index contributed by atoms with van der Waals surface area (Å²) in [5, 5.41) is 3.24. The SMILES string of the molecule is COCCNCCCCSc1cc(F)ccc1F. The first kappa shape index (κ1) is 15.4. The number of nitrogens with one attached hydrogen (secondary N) is 1. The molecule has 0 unspecified atom stereocenters. The summed E-state index contributed by atoms with van der Waals surface area (Å²) in [6.45, 7) is 2.49. The van der Waals surface area contributed by atoms with Gasteiger partial charge in [0, 0.05) is 18.6 Å². The van der Waals surface area contributed by atoms with Gasteiger partial charge in [-0.25, -0.2) is 8.78 Å². The van der Waals surface area contributed by atoms with Crippen molar-refractivity contribution in [2.24, 2.45) is 0 Å². The minimum Gasteiger partial charge on any atom is -0.383 e. The number of benzene rings is 1. The molecule has 2 nitrogen and oxygen atoms in total. The number of methoxy groups -OCH3 is 1. The zero-order chi connectivity index (χ0) is 13.2. The van der Waals surface area contributed by atoms with Gasteiger partial charge in [0.15, 0.2) is 0 Å². The predicted molar refractivity (Wildman–Crippen MR) is 71.1 cm³/mol. The molecular weight excluding hydrogens is 256 g/mol. The van der Waals surface area contributed by atoms with E-state index < -0.39 is 0 Å². The zero-order valence-corrected chi connectivity index (χ0v) is 11.4. The lowest BCUT2D eigenvalue weighted by Gasteiger charge is -2.05. The van der Waals surface area contributed by atoms with E-state index in [1.165, 1.54) is 23.9 Å². The fourth-order valence-electron chi connectivity index (χ4n) is 1.42. The van der Waals surface area contributed by atoms with E-state index in [-0.39, 0.29) is 11.6 Å². The Morgan fingerprint density at radius 3 is 2.83 bits per heavy atom. The van der Waals surface area contributed by atoms with Crippen molar-refractivity contribution in [1.82, 2.24) is 5.32 Å². The van der Waals surface area contributed by atoms with E-state index in [4.69, 9.17) is 4.74 Å². The van der Waals surface area contributed by atoms with E-state index in [0.29, 0.717) is 11.5 Å². The molecular formula is C13H19F2NOS. The molecule has 0 spiro atoms. The first-order valence-electron chi connectivity index (χ1n) is 6.01. The van der Waals surface area contributed by atoms with Crippen LogP contribution in [0.25, 0.3) is 0 Å². The van der Waals surface area contributed by atoms with Crippen LogP contribution in [0.5, 0.6) is 0 Å². The van der Waals surface area contributed by atoms with Gasteiger partial charge in [0.25, 0.3) is 0 Å². The van der Waals surface area contributed by atoms with E-state index in [9.17, 15) is 8.78 Å². The molecule has 5 heteroatoms. The van der Waals surface area contributed by atoms with Crippen molar-refractivity contribution in [1.29, 1.82) is 0 Å². The Balaban J connectivity index is 2.09. The predicted octanol–water partition coefficient (Wildman–Crippen LogP) is 3.07. The van der Waals surface area contributed by atoms with E-state index >= 15 is 0 Å². The lowest BCUT2D eigenvalue weighted by molar-refractivity contribution is 0.199. The third kappa shape index (κ3) is 6.33. The summed E-state index contributed by atoms with van der Waals surface area (Å²) in [5.41, 5.74) is 0. The number of rotatable bonds is 9. The van der Waals surface area contributed by atoms with E-state index in [1.54, 1.807) is 7.11 Å². The van der Waals surface area contributed by atoms with Gasteiger partial charge in [-0.15, -0.1) is 11.8 Å². The van der Waals surface area contributed by atoms with E-state index in [0.717, 1.165) is 37.8 Å². The van der Waals surface area contributed by atoms with Crippen molar-refractivity contribution >= 4 is 11.8 Å². The second-order valence-electron chi connectivity index (χ2n) is 3.87. The third-order valence-corrected chi connectivity index (χ3v) is 3.50. The number of thioether (sulfide) groups is 1. The number of ether oxygens (including phenoxy) is 1. The van der Waals surface area contributed by atoms with Crippen LogP contribution in [0.4, 0.5) is 8.78 Å². The molecule has 102 valence electrons. The Hall–Kier alpha value is -0.650. The highest BCUT2D eigenvalue weighted by atomic mass is 32.2. The molecule has 0 fully saturated rings. The average molecular weight is 275 g/mol. The van der Waals surface area contributed by atoms with Gasteiger partial charge in [-0.1, -0.05) is 0 Å². The minimum absolute atomic E-state index is 0.348. The largest absolute Gasteiger partial charge is 0.383 e. The van der Waals surface area contributed by atoms with Crippen LogP contribution >= 0.6 is 11.8 Å². The molecule has 0 saturated heterocycles. The Bertz CT molecular complexity index is 350. The fraction of sp³-hybridized carbons (Fsp3) is 0.538. The summed E-state index contributed by atoms with van der Waals surface area (Å²) >= 11 is 1.36. The van der Waals surface area contributed by atoms with Crippen LogP contribution in [-0.2, 0) is 4.74 Å². The average Bonchev–Trinajstić information content (AvgIpc) is 2.36. The van der Waals surface area contributed by atoms with E-state index in [1.807, 2.05) is 0 Å². The first-order valence-corrected chi connectivity index (χ1v) is 7.00. The van der Waals surface area contributed by atoms with Crippen LogP contribution in [0.15, 0.2) is 23.1 Å². The summed E-state index contributed by atoms with van der Waals surface area (Å²) < 4.78 is 31.1. The summed E-state index contributed by atoms with van der Waals surface area (Å²) in [5.74, 6) is 0.0616. The molecule has 0 aliphatic heterocycles. The normalized spacial score (nSPS) is 10.8. The van der Waals surface area contributed by atoms with Gasteiger partial charge in [-0.3, -0.25) is 0 Å². The molecule has 1 aromatic rings. The maximum Gasteiger partial charge on any atom is 0.136 e. The molecule has 0 aliphatic carbocycles. The monoisotopic (exact) mass is 275 g/mol. The number of halogens is 2. The fourth-order valence-corrected chi connectivity index (χ4v) is 2.39. The molecule has 0 bridgehead atoms. The van der Waals surface area contributed by atoms with Crippen LogP contribution in [0.3, 0.4) is 0 Å². The van der Waals surface area contributed by atoms with Crippen LogP contribution in [-0.4, -0.2) is 32.6 Å². The van der Waals surface area contributed by atoms with Gasteiger partial charge in [0.2, 0.25) is 0 Å². The number of hydrogen-bond acceptors (Lipinski definition) is 3. The van der Waals surface area contributed by atoms with Gasteiger partial charge in [-0.05, 0) is 43.3 Å². The van der Waals surface area contributed by atoms with Crippen molar-refractivity contribution in [3.8, 4) is 0 Å². The Labute approximate surface area is 111 Å². The maximum absolute atomic E-state index is 13.3. The topological polar surface area (TPSA) is 21.3 Å².